The summed E-state index contributed by atoms with van der Waals surface area (Å²) >= 11 is 0. The molecule has 0 bridgehead atoms. The summed E-state index contributed by atoms with van der Waals surface area (Å²) in [6, 6.07) is 0. The molecule has 2 fully saturated rings. The van der Waals surface area contributed by atoms with E-state index >= 15 is 0 Å². The van der Waals surface area contributed by atoms with E-state index < -0.39 is 21.0 Å². The lowest BCUT2D eigenvalue weighted by molar-refractivity contribution is -0.136. The Hall–Kier alpha value is -0.800. The molecule has 0 atom stereocenters. The van der Waals surface area contributed by atoms with Crippen LogP contribution >= 0.6 is 0 Å². The maximum absolute atomic E-state index is 12.8. The number of carbonyl (C=O) groups excluding carboxylic acids is 1. The fourth-order valence-electron chi connectivity index (χ4n) is 3.19. The lowest BCUT2D eigenvalue weighted by atomic mass is 9.95. The molecular formula is C13H23F2N3O3S. The third-order valence-electron chi connectivity index (χ3n) is 4.57. The van der Waals surface area contributed by atoms with Gasteiger partial charge in [-0.1, -0.05) is 0 Å². The molecule has 2 aliphatic rings. The fourth-order valence-corrected chi connectivity index (χ4v) is 4.58. The summed E-state index contributed by atoms with van der Waals surface area (Å²) in [5.41, 5.74) is 0. The van der Waals surface area contributed by atoms with Crippen molar-refractivity contribution in [3.05, 3.63) is 0 Å². The van der Waals surface area contributed by atoms with E-state index in [-0.39, 0.29) is 25.3 Å². The number of rotatable bonds is 4. The summed E-state index contributed by atoms with van der Waals surface area (Å²) < 4.78 is 47.8. The highest BCUT2D eigenvalue weighted by molar-refractivity contribution is 7.92. The molecule has 9 heteroatoms. The third kappa shape index (κ3) is 3.57. The van der Waals surface area contributed by atoms with Crippen LogP contribution in [-0.4, -0.2) is 87.4 Å². The van der Waals surface area contributed by atoms with Crippen LogP contribution < -0.4 is 5.32 Å². The molecule has 1 N–H and O–H groups in total. The van der Waals surface area contributed by atoms with Gasteiger partial charge in [0.1, 0.15) is 0 Å². The second-order valence-corrected chi connectivity index (χ2v) is 8.33. The van der Waals surface area contributed by atoms with Gasteiger partial charge in [-0.15, -0.1) is 0 Å². The second-order valence-electron chi connectivity index (χ2n) is 6.00. The quantitative estimate of drug-likeness (QED) is 0.752. The van der Waals surface area contributed by atoms with Crippen LogP contribution in [0.5, 0.6) is 0 Å². The average molecular weight is 339 g/mol. The van der Waals surface area contributed by atoms with Gasteiger partial charge in [0, 0.05) is 32.4 Å². The molecule has 0 aromatic rings. The van der Waals surface area contributed by atoms with Gasteiger partial charge in [-0.3, -0.25) is 9.69 Å². The molecule has 6 nitrogen and oxygen atoms in total. The van der Waals surface area contributed by atoms with E-state index in [0.29, 0.717) is 39.3 Å². The molecule has 0 saturated carbocycles. The SMILES string of the molecule is CS(=O)(=O)C1(C(=O)N2CCN(CC(F)F)CC2)CCNCC1. The van der Waals surface area contributed by atoms with Gasteiger partial charge in [0.25, 0.3) is 6.43 Å². The standard InChI is InChI=1S/C13H23F2N3O3S/c1-22(20,21)13(2-4-16-5-3-13)12(19)18-8-6-17(7-9-18)10-11(14)15/h11,16H,2-10H2,1H3. The second kappa shape index (κ2) is 6.76. The maximum atomic E-state index is 12.8. The van der Waals surface area contributed by atoms with Gasteiger partial charge in [-0.05, 0) is 25.9 Å². The number of halogens is 2. The summed E-state index contributed by atoms with van der Waals surface area (Å²) in [6.45, 7) is 1.99. The molecular weight excluding hydrogens is 316 g/mol. The summed E-state index contributed by atoms with van der Waals surface area (Å²) in [4.78, 5) is 15.9. The summed E-state index contributed by atoms with van der Waals surface area (Å²) in [7, 11) is -3.53. The molecule has 0 spiro atoms. The van der Waals surface area contributed by atoms with Crippen molar-refractivity contribution in [2.45, 2.75) is 24.0 Å². The Labute approximate surface area is 129 Å². The first-order valence-corrected chi connectivity index (χ1v) is 9.35. The van der Waals surface area contributed by atoms with Gasteiger partial charge < -0.3 is 10.2 Å². The molecule has 22 heavy (non-hydrogen) atoms. The van der Waals surface area contributed by atoms with Crippen LogP contribution in [0.4, 0.5) is 8.78 Å². The zero-order valence-electron chi connectivity index (χ0n) is 12.7. The molecule has 0 aliphatic carbocycles. The minimum atomic E-state index is -3.53. The number of sulfone groups is 1. The van der Waals surface area contributed by atoms with Crippen molar-refractivity contribution in [1.82, 2.24) is 15.1 Å². The summed E-state index contributed by atoms with van der Waals surface area (Å²) in [6.07, 6.45) is -0.748. The number of amides is 1. The Balaban J connectivity index is 2.07. The Morgan fingerprint density at radius 3 is 2.18 bits per heavy atom. The Morgan fingerprint density at radius 2 is 1.73 bits per heavy atom. The van der Waals surface area contributed by atoms with Crippen LogP contribution in [0, 0.1) is 0 Å². The van der Waals surface area contributed by atoms with E-state index in [1.165, 1.54) is 4.90 Å². The van der Waals surface area contributed by atoms with Crippen molar-refractivity contribution in [2.75, 3.05) is 52.1 Å². The number of alkyl halides is 2. The minimum Gasteiger partial charge on any atom is -0.339 e. The van der Waals surface area contributed by atoms with Crippen molar-refractivity contribution < 1.29 is 22.0 Å². The van der Waals surface area contributed by atoms with Crippen LogP contribution in [0.3, 0.4) is 0 Å². The van der Waals surface area contributed by atoms with Crippen LogP contribution in [0.2, 0.25) is 0 Å². The van der Waals surface area contributed by atoms with Gasteiger partial charge >= 0.3 is 0 Å². The molecule has 128 valence electrons. The number of hydrogen-bond acceptors (Lipinski definition) is 5. The van der Waals surface area contributed by atoms with Crippen LogP contribution in [-0.2, 0) is 14.6 Å². The molecule has 2 saturated heterocycles. The predicted octanol–water partition coefficient (Wildman–Crippen LogP) is -0.437. The van der Waals surface area contributed by atoms with Gasteiger partial charge in [0.15, 0.2) is 14.6 Å². The van der Waals surface area contributed by atoms with Crippen LogP contribution in [0.1, 0.15) is 12.8 Å². The predicted molar refractivity (Wildman–Crippen MR) is 78.7 cm³/mol. The Morgan fingerprint density at radius 1 is 1.18 bits per heavy atom. The van der Waals surface area contributed by atoms with Gasteiger partial charge in [0.2, 0.25) is 5.91 Å². The topological polar surface area (TPSA) is 69.7 Å². The zero-order chi connectivity index (χ0) is 16.4. The van der Waals surface area contributed by atoms with E-state index in [2.05, 4.69) is 5.32 Å². The first-order chi connectivity index (χ1) is 10.3. The normalized spacial score (nSPS) is 23.7. The zero-order valence-corrected chi connectivity index (χ0v) is 13.5. The highest BCUT2D eigenvalue weighted by Crippen LogP contribution is 2.30. The molecule has 2 heterocycles. The van der Waals surface area contributed by atoms with E-state index in [1.807, 2.05) is 0 Å². The summed E-state index contributed by atoms with van der Waals surface area (Å²) in [5.74, 6) is -0.367. The molecule has 0 radical (unpaired) electrons. The van der Waals surface area contributed by atoms with Gasteiger partial charge in [-0.25, -0.2) is 17.2 Å². The Kier molecular flexibility index (Phi) is 5.39. The number of piperidine rings is 1. The molecule has 1 amide bonds. The smallest absolute Gasteiger partial charge is 0.251 e. The third-order valence-corrected chi connectivity index (χ3v) is 6.57. The van der Waals surface area contributed by atoms with Crippen molar-refractivity contribution in [2.24, 2.45) is 0 Å². The lowest BCUT2D eigenvalue weighted by Gasteiger charge is -2.41. The molecule has 0 unspecified atom stereocenters. The minimum absolute atomic E-state index is 0.266. The summed E-state index contributed by atoms with van der Waals surface area (Å²) in [5, 5.41) is 3.07. The van der Waals surface area contributed by atoms with E-state index in [4.69, 9.17) is 0 Å². The van der Waals surface area contributed by atoms with Gasteiger partial charge in [0.05, 0.1) is 6.54 Å². The fraction of sp³-hybridized carbons (Fsp3) is 0.923. The van der Waals surface area contributed by atoms with E-state index in [9.17, 15) is 22.0 Å². The van der Waals surface area contributed by atoms with Gasteiger partial charge in [-0.2, -0.15) is 0 Å². The highest BCUT2D eigenvalue weighted by atomic mass is 32.2. The Bertz CT molecular complexity index is 499. The van der Waals surface area contributed by atoms with Crippen LogP contribution in [0.15, 0.2) is 0 Å². The molecule has 2 rings (SSSR count). The maximum Gasteiger partial charge on any atom is 0.251 e. The first-order valence-electron chi connectivity index (χ1n) is 7.46. The number of carbonyl (C=O) groups is 1. The molecule has 0 aromatic carbocycles. The lowest BCUT2D eigenvalue weighted by Crippen LogP contribution is -2.61. The number of piperazine rings is 1. The van der Waals surface area contributed by atoms with Crippen molar-refractivity contribution >= 4 is 15.7 Å². The first kappa shape index (κ1) is 17.6. The largest absolute Gasteiger partial charge is 0.339 e. The highest BCUT2D eigenvalue weighted by Gasteiger charge is 2.50. The monoisotopic (exact) mass is 339 g/mol. The number of nitrogens with zero attached hydrogens (tertiary/aromatic N) is 2. The van der Waals surface area contributed by atoms with Crippen molar-refractivity contribution in [1.29, 1.82) is 0 Å². The van der Waals surface area contributed by atoms with Crippen molar-refractivity contribution in [3.63, 3.8) is 0 Å². The number of nitrogens with one attached hydrogen (secondary N) is 1. The van der Waals surface area contributed by atoms with E-state index in [1.54, 1.807) is 4.90 Å². The van der Waals surface area contributed by atoms with Crippen molar-refractivity contribution in [3.8, 4) is 0 Å². The molecule has 0 aromatic heterocycles. The number of hydrogen-bond donors (Lipinski definition) is 1. The molecule has 2 aliphatic heterocycles. The van der Waals surface area contributed by atoms with Crippen LogP contribution in [0.25, 0.3) is 0 Å². The average Bonchev–Trinajstić information content (AvgIpc) is 2.46. The van der Waals surface area contributed by atoms with E-state index in [0.717, 1.165) is 6.26 Å².